The smallest absolute Gasteiger partial charge is 0.302 e. The van der Waals surface area contributed by atoms with Gasteiger partial charge in [-0.05, 0) is 37.1 Å². The number of hydrogen-bond acceptors (Lipinski definition) is 6. The van der Waals surface area contributed by atoms with E-state index in [1.165, 1.54) is 16.7 Å². The molecule has 2 heterocycles. The molecule has 2 aromatic heterocycles. The van der Waals surface area contributed by atoms with E-state index in [1.54, 1.807) is 31.0 Å². The van der Waals surface area contributed by atoms with Gasteiger partial charge in [-0.3, -0.25) is 14.3 Å². The van der Waals surface area contributed by atoms with Crippen molar-refractivity contribution in [2.75, 3.05) is 0 Å². The molecule has 0 saturated carbocycles. The number of rotatable bonds is 5. The fourth-order valence-electron chi connectivity index (χ4n) is 2.58. The molecule has 0 fully saturated rings. The molecule has 0 aliphatic heterocycles. The molecule has 0 bridgehead atoms. The number of hydrogen-bond donors (Lipinski definition) is 1. The summed E-state index contributed by atoms with van der Waals surface area (Å²) in [5.41, 5.74) is 2.48. The second-order valence-electron chi connectivity index (χ2n) is 5.96. The summed E-state index contributed by atoms with van der Waals surface area (Å²) >= 11 is 0.960. The van der Waals surface area contributed by atoms with Crippen molar-refractivity contribution in [2.24, 2.45) is 14.1 Å². The van der Waals surface area contributed by atoms with Crippen molar-refractivity contribution in [3.05, 3.63) is 45.3 Å². The van der Waals surface area contributed by atoms with E-state index in [-0.39, 0.29) is 16.2 Å². The minimum atomic E-state index is -3.99. The van der Waals surface area contributed by atoms with Gasteiger partial charge >= 0.3 is 4.87 Å². The molecular formula is C16H18N4O4S2. The number of carbonyl (C=O) groups is 1. The maximum atomic E-state index is 12.4. The first-order chi connectivity index (χ1) is 12.2. The van der Waals surface area contributed by atoms with Gasteiger partial charge < -0.3 is 4.57 Å². The van der Waals surface area contributed by atoms with Gasteiger partial charge in [-0.15, -0.1) is 0 Å². The fourth-order valence-corrected chi connectivity index (χ4v) is 4.61. The van der Waals surface area contributed by atoms with Gasteiger partial charge in [-0.25, -0.2) is 13.1 Å². The zero-order chi connectivity index (χ0) is 19.1. The highest BCUT2D eigenvalue weighted by Gasteiger charge is 2.19. The molecule has 0 aliphatic rings. The molecule has 8 nitrogen and oxygen atoms in total. The van der Waals surface area contributed by atoms with Gasteiger partial charge in [0.15, 0.2) is 0 Å². The van der Waals surface area contributed by atoms with Gasteiger partial charge in [0.05, 0.1) is 21.3 Å². The van der Waals surface area contributed by atoms with Crippen molar-refractivity contribution in [2.45, 2.75) is 24.7 Å². The number of thiazole rings is 1. The van der Waals surface area contributed by atoms with Crippen LogP contribution in [0.15, 0.2) is 34.1 Å². The minimum Gasteiger partial charge on any atom is -0.302 e. The molecule has 0 radical (unpaired) electrons. The standard InChI is InChI=1S/C16H18N4O4S2/c1-10-11(9-17-20(10)3)4-7-15(21)18-26(23,24)12-5-6-13-14(8-12)25-16(22)19(13)2/h5-6,8-9H,4,7H2,1-3H3,(H,18,21). The van der Waals surface area contributed by atoms with Crippen LogP contribution in [-0.2, 0) is 35.3 Å². The van der Waals surface area contributed by atoms with Gasteiger partial charge in [-0.2, -0.15) is 5.10 Å². The molecule has 1 aromatic carbocycles. The molecule has 138 valence electrons. The van der Waals surface area contributed by atoms with E-state index in [4.69, 9.17) is 0 Å². The Balaban J connectivity index is 1.74. The number of nitrogens with zero attached hydrogens (tertiary/aromatic N) is 3. The Labute approximate surface area is 154 Å². The van der Waals surface area contributed by atoms with Gasteiger partial charge in [0, 0.05) is 26.2 Å². The van der Waals surface area contributed by atoms with E-state index in [0.717, 1.165) is 22.6 Å². The predicted octanol–water partition coefficient (Wildman–Crippen LogP) is 1.08. The van der Waals surface area contributed by atoms with Crippen LogP contribution in [0.25, 0.3) is 10.2 Å². The van der Waals surface area contributed by atoms with Crippen LogP contribution in [0, 0.1) is 6.92 Å². The van der Waals surface area contributed by atoms with Crippen LogP contribution in [0.3, 0.4) is 0 Å². The molecule has 1 N–H and O–H groups in total. The summed E-state index contributed by atoms with van der Waals surface area (Å²) in [7, 11) is -0.563. The Morgan fingerprint density at radius 1 is 1.31 bits per heavy atom. The maximum Gasteiger partial charge on any atom is 0.307 e. The number of nitrogens with one attached hydrogen (secondary N) is 1. The third-order valence-electron chi connectivity index (χ3n) is 4.28. The largest absolute Gasteiger partial charge is 0.307 e. The molecule has 10 heteroatoms. The lowest BCUT2D eigenvalue weighted by Gasteiger charge is -2.07. The van der Waals surface area contributed by atoms with Crippen molar-refractivity contribution in [3.8, 4) is 0 Å². The average molecular weight is 394 g/mol. The van der Waals surface area contributed by atoms with Gasteiger partial charge in [0.25, 0.3) is 10.0 Å². The van der Waals surface area contributed by atoms with E-state index in [0.29, 0.717) is 16.6 Å². The summed E-state index contributed by atoms with van der Waals surface area (Å²) in [5, 5.41) is 4.09. The number of fused-ring (bicyclic) bond motifs is 1. The Morgan fingerprint density at radius 2 is 2.04 bits per heavy atom. The van der Waals surface area contributed by atoms with E-state index >= 15 is 0 Å². The second-order valence-corrected chi connectivity index (χ2v) is 8.64. The highest BCUT2D eigenvalue weighted by Crippen LogP contribution is 2.21. The van der Waals surface area contributed by atoms with E-state index in [9.17, 15) is 18.0 Å². The molecule has 3 aromatic rings. The van der Waals surface area contributed by atoms with Crippen LogP contribution in [0.5, 0.6) is 0 Å². The lowest BCUT2D eigenvalue weighted by atomic mass is 10.1. The third kappa shape index (κ3) is 3.42. The Kier molecular flexibility index (Phi) is 4.72. The first kappa shape index (κ1) is 18.3. The second kappa shape index (κ2) is 6.69. The molecule has 1 amide bonds. The van der Waals surface area contributed by atoms with Crippen molar-refractivity contribution in [1.82, 2.24) is 19.1 Å². The van der Waals surface area contributed by atoms with Crippen molar-refractivity contribution < 1.29 is 13.2 Å². The number of sulfonamides is 1. The minimum absolute atomic E-state index is 0.0344. The summed E-state index contributed by atoms with van der Waals surface area (Å²) in [4.78, 5) is 23.5. The van der Waals surface area contributed by atoms with Crippen LogP contribution < -0.4 is 9.60 Å². The molecule has 0 aliphatic carbocycles. The Hall–Kier alpha value is -2.46. The quantitative estimate of drug-likeness (QED) is 0.697. The molecule has 0 atom stereocenters. The van der Waals surface area contributed by atoms with Gasteiger partial charge in [0.1, 0.15) is 0 Å². The molecular weight excluding hydrogens is 376 g/mol. The zero-order valence-electron chi connectivity index (χ0n) is 14.5. The van der Waals surface area contributed by atoms with Crippen molar-refractivity contribution in [3.63, 3.8) is 0 Å². The monoisotopic (exact) mass is 394 g/mol. The summed E-state index contributed by atoms with van der Waals surface area (Å²) in [5.74, 6) is -0.588. The maximum absolute atomic E-state index is 12.4. The van der Waals surface area contributed by atoms with E-state index in [1.807, 2.05) is 6.92 Å². The first-order valence-corrected chi connectivity index (χ1v) is 10.1. The van der Waals surface area contributed by atoms with Crippen LogP contribution in [0.2, 0.25) is 0 Å². The van der Waals surface area contributed by atoms with Crippen LogP contribution in [0.4, 0.5) is 0 Å². The molecule has 3 rings (SSSR count). The Morgan fingerprint density at radius 3 is 2.69 bits per heavy atom. The summed E-state index contributed by atoms with van der Waals surface area (Å²) < 4.78 is 30.6. The number of carbonyl (C=O) groups excluding carboxylic acids is 1. The molecule has 0 spiro atoms. The topological polar surface area (TPSA) is 103 Å². The van der Waals surface area contributed by atoms with Crippen LogP contribution in [-0.4, -0.2) is 28.7 Å². The van der Waals surface area contributed by atoms with E-state index in [2.05, 4.69) is 9.82 Å². The third-order valence-corrected chi connectivity index (χ3v) is 6.65. The van der Waals surface area contributed by atoms with Gasteiger partial charge in [-0.1, -0.05) is 11.3 Å². The number of amides is 1. The lowest BCUT2D eigenvalue weighted by Crippen LogP contribution is -2.30. The normalized spacial score (nSPS) is 11.8. The predicted molar refractivity (Wildman–Crippen MR) is 98.7 cm³/mol. The number of benzene rings is 1. The van der Waals surface area contributed by atoms with Crippen molar-refractivity contribution in [1.29, 1.82) is 0 Å². The lowest BCUT2D eigenvalue weighted by molar-refractivity contribution is -0.119. The summed E-state index contributed by atoms with van der Waals surface area (Å²) in [6.07, 6.45) is 2.11. The molecule has 26 heavy (non-hydrogen) atoms. The first-order valence-electron chi connectivity index (χ1n) is 7.82. The zero-order valence-corrected chi connectivity index (χ0v) is 16.1. The summed E-state index contributed by atoms with van der Waals surface area (Å²) in [6, 6.07) is 4.35. The van der Waals surface area contributed by atoms with Crippen LogP contribution >= 0.6 is 11.3 Å². The van der Waals surface area contributed by atoms with Crippen LogP contribution in [0.1, 0.15) is 17.7 Å². The van der Waals surface area contributed by atoms with Gasteiger partial charge in [0.2, 0.25) is 5.91 Å². The number of aromatic nitrogens is 3. The number of aryl methyl sites for hydroxylation is 3. The average Bonchev–Trinajstić information content (AvgIpc) is 3.05. The SMILES string of the molecule is Cc1c(CCC(=O)NS(=O)(=O)c2ccc3c(c2)sc(=O)n3C)cnn1C. The molecule has 0 saturated heterocycles. The van der Waals surface area contributed by atoms with Crippen molar-refractivity contribution >= 4 is 37.5 Å². The highest BCUT2D eigenvalue weighted by molar-refractivity contribution is 7.90. The van der Waals surface area contributed by atoms with E-state index < -0.39 is 15.9 Å². The molecule has 0 unspecified atom stereocenters. The summed E-state index contributed by atoms with van der Waals surface area (Å²) in [6.45, 7) is 1.89. The Bertz CT molecular complexity index is 1150. The highest BCUT2D eigenvalue weighted by atomic mass is 32.2. The fraction of sp³-hybridized carbons (Fsp3) is 0.312.